The minimum atomic E-state index is -0.0642. The van der Waals surface area contributed by atoms with Crippen molar-refractivity contribution in [2.45, 2.75) is 19.5 Å². The lowest BCUT2D eigenvalue weighted by atomic mass is 10.1. The van der Waals surface area contributed by atoms with Crippen LogP contribution in [0.1, 0.15) is 27.5 Å². The summed E-state index contributed by atoms with van der Waals surface area (Å²) >= 11 is 1.59. The summed E-state index contributed by atoms with van der Waals surface area (Å²) in [5.74, 6) is 0.573. The van der Waals surface area contributed by atoms with E-state index in [1.807, 2.05) is 30.3 Å². The fourth-order valence-corrected chi connectivity index (χ4v) is 3.58. The van der Waals surface area contributed by atoms with Crippen molar-refractivity contribution in [2.75, 3.05) is 26.8 Å². The van der Waals surface area contributed by atoms with Gasteiger partial charge in [-0.05, 0) is 31.5 Å². The van der Waals surface area contributed by atoms with Gasteiger partial charge in [0.15, 0.2) is 0 Å². The first-order valence-electron chi connectivity index (χ1n) is 8.23. The van der Waals surface area contributed by atoms with Crippen LogP contribution in [-0.2, 0) is 17.8 Å². The van der Waals surface area contributed by atoms with E-state index >= 15 is 0 Å². The molecule has 1 N–H and O–H groups in total. The van der Waals surface area contributed by atoms with Crippen LogP contribution in [0.3, 0.4) is 0 Å². The molecule has 24 heavy (non-hydrogen) atoms. The second-order valence-electron chi connectivity index (χ2n) is 6.21. The van der Waals surface area contributed by atoms with E-state index in [-0.39, 0.29) is 5.91 Å². The summed E-state index contributed by atoms with van der Waals surface area (Å²) in [6, 6.07) is 9.25. The maximum absolute atomic E-state index is 12.0. The molecule has 5 nitrogen and oxygen atoms in total. The smallest absolute Gasteiger partial charge is 0.251 e. The summed E-state index contributed by atoms with van der Waals surface area (Å²) in [4.78, 5) is 19.0. The van der Waals surface area contributed by atoms with Crippen LogP contribution in [0.4, 0.5) is 0 Å². The average Bonchev–Trinajstić information content (AvgIpc) is 3.25. The van der Waals surface area contributed by atoms with Crippen molar-refractivity contribution in [3.05, 3.63) is 52.0 Å². The summed E-state index contributed by atoms with van der Waals surface area (Å²) in [6.07, 6.45) is 1.15. The molecule has 2 heterocycles. The van der Waals surface area contributed by atoms with Gasteiger partial charge in [-0.15, -0.1) is 11.3 Å². The molecule has 6 heteroatoms. The molecule has 1 fully saturated rings. The maximum Gasteiger partial charge on any atom is 0.251 e. The van der Waals surface area contributed by atoms with Crippen molar-refractivity contribution in [2.24, 2.45) is 5.92 Å². The molecular formula is C18H23N3O2S. The van der Waals surface area contributed by atoms with E-state index in [0.29, 0.717) is 18.0 Å². The van der Waals surface area contributed by atoms with Gasteiger partial charge in [0.25, 0.3) is 5.91 Å². The standard InChI is InChI=1S/C18H23N3O2S/c1-21(10-14-7-8-23-12-14)11-16-13-24-17(20-16)9-19-18(22)15-5-3-2-4-6-15/h2-6,13-14H,7-12H2,1H3,(H,19,22)/t14-/m1/s1. The summed E-state index contributed by atoms with van der Waals surface area (Å²) in [5, 5.41) is 5.93. The molecular weight excluding hydrogens is 322 g/mol. The van der Waals surface area contributed by atoms with Crippen LogP contribution in [0.2, 0.25) is 0 Å². The molecule has 1 saturated heterocycles. The lowest BCUT2D eigenvalue weighted by Gasteiger charge is -2.18. The van der Waals surface area contributed by atoms with Crippen molar-refractivity contribution in [1.82, 2.24) is 15.2 Å². The molecule has 1 amide bonds. The van der Waals surface area contributed by atoms with E-state index in [4.69, 9.17) is 4.74 Å². The molecule has 0 bridgehead atoms. The van der Waals surface area contributed by atoms with E-state index in [1.54, 1.807) is 11.3 Å². The molecule has 0 spiro atoms. The summed E-state index contributed by atoms with van der Waals surface area (Å²) < 4.78 is 5.42. The summed E-state index contributed by atoms with van der Waals surface area (Å²) in [7, 11) is 2.12. The minimum absolute atomic E-state index is 0.0642. The largest absolute Gasteiger partial charge is 0.381 e. The average molecular weight is 345 g/mol. The lowest BCUT2D eigenvalue weighted by Crippen LogP contribution is -2.26. The number of hydrogen-bond acceptors (Lipinski definition) is 5. The summed E-state index contributed by atoms with van der Waals surface area (Å²) in [6.45, 7) is 4.11. The Balaban J connectivity index is 1.45. The predicted molar refractivity (Wildman–Crippen MR) is 95.0 cm³/mol. The van der Waals surface area contributed by atoms with E-state index in [2.05, 4.69) is 27.6 Å². The van der Waals surface area contributed by atoms with Crippen molar-refractivity contribution in [1.29, 1.82) is 0 Å². The monoisotopic (exact) mass is 345 g/mol. The second-order valence-corrected chi connectivity index (χ2v) is 7.15. The number of carbonyl (C=O) groups is 1. The van der Waals surface area contributed by atoms with Gasteiger partial charge < -0.3 is 15.0 Å². The van der Waals surface area contributed by atoms with Gasteiger partial charge in [-0.25, -0.2) is 4.98 Å². The molecule has 1 atom stereocenters. The van der Waals surface area contributed by atoms with Crippen LogP contribution >= 0.6 is 11.3 Å². The van der Waals surface area contributed by atoms with Crippen molar-refractivity contribution < 1.29 is 9.53 Å². The van der Waals surface area contributed by atoms with Crippen LogP contribution in [0.25, 0.3) is 0 Å². The zero-order valence-corrected chi connectivity index (χ0v) is 14.7. The Morgan fingerprint density at radius 2 is 2.25 bits per heavy atom. The first kappa shape index (κ1) is 17.1. The molecule has 0 saturated carbocycles. The van der Waals surface area contributed by atoms with Crippen molar-refractivity contribution in [3.8, 4) is 0 Å². The van der Waals surface area contributed by atoms with Gasteiger partial charge in [-0.2, -0.15) is 0 Å². The highest BCUT2D eigenvalue weighted by Gasteiger charge is 2.18. The number of nitrogens with zero attached hydrogens (tertiary/aromatic N) is 2. The normalized spacial score (nSPS) is 17.3. The number of aromatic nitrogens is 1. The zero-order chi connectivity index (χ0) is 16.8. The minimum Gasteiger partial charge on any atom is -0.381 e. The quantitative estimate of drug-likeness (QED) is 0.838. The Hall–Kier alpha value is -1.76. The number of hydrogen-bond donors (Lipinski definition) is 1. The SMILES string of the molecule is CN(Cc1csc(CNC(=O)c2ccccc2)n1)C[C@H]1CCOC1. The Morgan fingerprint density at radius 3 is 3.00 bits per heavy atom. The van der Waals surface area contributed by atoms with Crippen LogP contribution in [0.15, 0.2) is 35.7 Å². The number of carbonyl (C=O) groups excluding carboxylic acids is 1. The molecule has 0 radical (unpaired) electrons. The van der Waals surface area contributed by atoms with Crippen LogP contribution in [0.5, 0.6) is 0 Å². The van der Waals surface area contributed by atoms with Gasteiger partial charge in [-0.3, -0.25) is 4.79 Å². The first-order chi connectivity index (χ1) is 11.7. The topological polar surface area (TPSA) is 54.5 Å². The zero-order valence-electron chi connectivity index (χ0n) is 13.9. The number of amides is 1. The number of nitrogens with one attached hydrogen (secondary N) is 1. The van der Waals surface area contributed by atoms with Crippen LogP contribution in [-0.4, -0.2) is 42.6 Å². The van der Waals surface area contributed by atoms with Crippen LogP contribution < -0.4 is 5.32 Å². The first-order valence-corrected chi connectivity index (χ1v) is 9.11. The van der Waals surface area contributed by atoms with Gasteiger partial charge >= 0.3 is 0 Å². The highest BCUT2D eigenvalue weighted by Crippen LogP contribution is 2.16. The Kier molecular flexibility index (Phi) is 5.96. The lowest BCUT2D eigenvalue weighted by molar-refractivity contribution is 0.0951. The van der Waals surface area contributed by atoms with Gasteiger partial charge in [0, 0.05) is 30.6 Å². The van der Waals surface area contributed by atoms with Crippen molar-refractivity contribution in [3.63, 3.8) is 0 Å². The third-order valence-electron chi connectivity index (χ3n) is 4.06. The second kappa shape index (κ2) is 8.37. The fraction of sp³-hybridized carbons (Fsp3) is 0.444. The molecule has 1 aliphatic rings. The maximum atomic E-state index is 12.0. The highest BCUT2D eigenvalue weighted by molar-refractivity contribution is 7.09. The Bertz CT molecular complexity index is 653. The van der Waals surface area contributed by atoms with Crippen LogP contribution in [0, 0.1) is 5.92 Å². The summed E-state index contributed by atoms with van der Waals surface area (Å²) in [5.41, 5.74) is 1.73. The number of benzene rings is 1. The van der Waals surface area contributed by atoms with E-state index in [0.717, 1.165) is 43.4 Å². The molecule has 2 aromatic rings. The molecule has 3 rings (SSSR count). The molecule has 0 unspecified atom stereocenters. The highest BCUT2D eigenvalue weighted by atomic mass is 32.1. The number of rotatable bonds is 7. The van der Waals surface area contributed by atoms with E-state index in [9.17, 15) is 4.79 Å². The molecule has 128 valence electrons. The fourth-order valence-electron chi connectivity index (χ4n) is 2.86. The van der Waals surface area contributed by atoms with Gasteiger partial charge in [0.05, 0.1) is 18.8 Å². The molecule has 0 aliphatic carbocycles. The van der Waals surface area contributed by atoms with E-state index in [1.165, 1.54) is 0 Å². The van der Waals surface area contributed by atoms with Gasteiger partial charge in [-0.1, -0.05) is 18.2 Å². The Labute approximate surface area is 146 Å². The number of thiazole rings is 1. The van der Waals surface area contributed by atoms with E-state index < -0.39 is 0 Å². The predicted octanol–water partition coefficient (Wildman–Crippen LogP) is 2.54. The van der Waals surface area contributed by atoms with Crippen molar-refractivity contribution >= 4 is 17.2 Å². The third kappa shape index (κ3) is 4.87. The molecule has 1 aliphatic heterocycles. The molecule has 1 aromatic heterocycles. The molecule has 1 aromatic carbocycles. The number of ether oxygens (including phenoxy) is 1. The third-order valence-corrected chi connectivity index (χ3v) is 4.96. The van der Waals surface area contributed by atoms with Gasteiger partial charge in [0.2, 0.25) is 0 Å². The van der Waals surface area contributed by atoms with Gasteiger partial charge in [0.1, 0.15) is 5.01 Å². The Morgan fingerprint density at radius 1 is 1.42 bits per heavy atom.